The maximum Gasteiger partial charge on any atom is 0.262 e. The summed E-state index contributed by atoms with van der Waals surface area (Å²) in [6.45, 7) is 0.771. The molecule has 0 saturated carbocycles. The molecule has 2 N–H and O–H groups in total. The van der Waals surface area contributed by atoms with E-state index in [0.717, 1.165) is 18.8 Å². The number of allylic oxidation sites excluding steroid dienone is 1. The fraction of sp³-hybridized carbons (Fsp3) is 0.364. The van der Waals surface area contributed by atoms with Crippen molar-refractivity contribution in [1.82, 2.24) is 4.98 Å². The molecule has 0 spiro atoms. The summed E-state index contributed by atoms with van der Waals surface area (Å²) in [7, 11) is 1.57. The van der Waals surface area contributed by atoms with Crippen molar-refractivity contribution in [2.24, 2.45) is 0 Å². The molecule has 148 valence electrons. The van der Waals surface area contributed by atoms with Gasteiger partial charge in [0, 0.05) is 6.54 Å². The molecule has 2 aromatic rings. The van der Waals surface area contributed by atoms with Gasteiger partial charge in [-0.3, -0.25) is 4.79 Å². The number of aromatic nitrogens is 1. The second-order valence-corrected chi connectivity index (χ2v) is 6.70. The number of ether oxygens (including phenoxy) is 2. The minimum Gasteiger partial charge on any atom is -0.493 e. The average molecular weight is 381 g/mol. The van der Waals surface area contributed by atoms with Gasteiger partial charge in [0.05, 0.1) is 19.0 Å². The van der Waals surface area contributed by atoms with E-state index in [4.69, 9.17) is 9.47 Å². The number of hydrogen-bond donors (Lipinski definition) is 2. The molecule has 1 aromatic carbocycles. The van der Waals surface area contributed by atoms with Crippen LogP contribution in [0.15, 0.2) is 54.2 Å². The van der Waals surface area contributed by atoms with E-state index < -0.39 is 0 Å². The Balaban J connectivity index is 1.42. The Morgan fingerprint density at radius 1 is 1.14 bits per heavy atom. The molecular formula is C22H27N3O3. The molecule has 1 aromatic heterocycles. The summed E-state index contributed by atoms with van der Waals surface area (Å²) in [4.78, 5) is 16.4. The summed E-state index contributed by atoms with van der Waals surface area (Å²) in [5.41, 5.74) is 2.17. The Morgan fingerprint density at radius 2 is 2.00 bits per heavy atom. The molecule has 1 heterocycles. The van der Waals surface area contributed by atoms with Crippen molar-refractivity contribution >= 4 is 17.4 Å². The van der Waals surface area contributed by atoms with Crippen molar-refractivity contribution in [2.45, 2.75) is 32.1 Å². The minimum atomic E-state index is -0.252. The third-order valence-electron chi connectivity index (χ3n) is 4.61. The highest BCUT2D eigenvalue weighted by Crippen LogP contribution is 2.25. The van der Waals surface area contributed by atoms with Crippen LogP contribution in [0.2, 0.25) is 0 Å². The first-order valence-corrected chi connectivity index (χ1v) is 9.68. The van der Waals surface area contributed by atoms with E-state index in [0.29, 0.717) is 17.2 Å². The Hall–Kier alpha value is -3.02. The van der Waals surface area contributed by atoms with Gasteiger partial charge >= 0.3 is 0 Å². The van der Waals surface area contributed by atoms with Crippen LogP contribution >= 0.6 is 0 Å². The van der Waals surface area contributed by atoms with Gasteiger partial charge in [-0.1, -0.05) is 23.8 Å². The van der Waals surface area contributed by atoms with E-state index >= 15 is 0 Å². The molecule has 28 heavy (non-hydrogen) atoms. The zero-order chi connectivity index (χ0) is 19.6. The lowest BCUT2D eigenvalue weighted by atomic mass is 9.97. The van der Waals surface area contributed by atoms with Crippen LogP contribution in [0.5, 0.6) is 11.5 Å². The maximum atomic E-state index is 12.1. The van der Waals surface area contributed by atoms with Gasteiger partial charge in [0.15, 0.2) is 18.1 Å². The van der Waals surface area contributed by atoms with Gasteiger partial charge < -0.3 is 20.1 Å². The third kappa shape index (κ3) is 6.01. The molecule has 6 heteroatoms. The van der Waals surface area contributed by atoms with Crippen molar-refractivity contribution in [3.05, 3.63) is 54.2 Å². The van der Waals surface area contributed by atoms with Crippen molar-refractivity contribution < 1.29 is 14.3 Å². The highest BCUT2D eigenvalue weighted by Gasteiger charge is 2.08. The van der Waals surface area contributed by atoms with E-state index in [1.54, 1.807) is 25.4 Å². The van der Waals surface area contributed by atoms with E-state index in [1.807, 2.05) is 24.3 Å². The number of hydrogen-bond acceptors (Lipinski definition) is 5. The van der Waals surface area contributed by atoms with Crippen LogP contribution in [0.1, 0.15) is 32.1 Å². The van der Waals surface area contributed by atoms with Crippen LogP contribution in [0.4, 0.5) is 11.5 Å². The first-order chi connectivity index (χ1) is 13.7. The lowest BCUT2D eigenvalue weighted by molar-refractivity contribution is -0.118. The van der Waals surface area contributed by atoms with Gasteiger partial charge in [0.2, 0.25) is 0 Å². The molecule has 1 aliphatic carbocycles. The number of nitrogens with one attached hydrogen (secondary N) is 2. The second kappa shape index (κ2) is 10.3. The summed E-state index contributed by atoms with van der Waals surface area (Å²) >= 11 is 0. The van der Waals surface area contributed by atoms with Gasteiger partial charge in [-0.2, -0.15) is 0 Å². The number of nitrogens with zero attached hydrogens (tertiary/aromatic N) is 1. The van der Waals surface area contributed by atoms with Gasteiger partial charge in [-0.05, 0) is 56.4 Å². The molecule has 6 nitrogen and oxygen atoms in total. The lowest BCUT2D eigenvalue weighted by Gasteiger charge is -2.13. The zero-order valence-corrected chi connectivity index (χ0v) is 16.2. The first kappa shape index (κ1) is 19.7. The number of benzene rings is 1. The topological polar surface area (TPSA) is 72.5 Å². The van der Waals surface area contributed by atoms with Crippen LogP contribution in [0, 0.1) is 0 Å². The Bertz CT molecular complexity index is 803. The lowest BCUT2D eigenvalue weighted by Crippen LogP contribution is -2.20. The van der Waals surface area contributed by atoms with Gasteiger partial charge in [-0.25, -0.2) is 4.98 Å². The van der Waals surface area contributed by atoms with Crippen molar-refractivity contribution in [3.63, 3.8) is 0 Å². The molecule has 0 atom stereocenters. The zero-order valence-electron chi connectivity index (χ0n) is 16.2. The van der Waals surface area contributed by atoms with Crippen LogP contribution in [-0.2, 0) is 4.79 Å². The predicted molar refractivity (Wildman–Crippen MR) is 111 cm³/mol. The Morgan fingerprint density at radius 3 is 2.71 bits per heavy atom. The van der Waals surface area contributed by atoms with Gasteiger partial charge in [-0.15, -0.1) is 0 Å². The highest BCUT2D eigenvalue weighted by molar-refractivity contribution is 5.91. The van der Waals surface area contributed by atoms with E-state index in [-0.39, 0.29) is 12.5 Å². The van der Waals surface area contributed by atoms with Crippen LogP contribution in [0.25, 0.3) is 0 Å². The molecule has 0 radical (unpaired) electrons. The summed E-state index contributed by atoms with van der Waals surface area (Å²) in [5, 5.41) is 6.11. The molecule has 0 unspecified atom stereocenters. The predicted octanol–water partition coefficient (Wildman–Crippen LogP) is 4.41. The fourth-order valence-electron chi connectivity index (χ4n) is 3.13. The summed E-state index contributed by atoms with van der Waals surface area (Å²) < 4.78 is 10.7. The monoisotopic (exact) mass is 381 g/mol. The van der Waals surface area contributed by atoms with E-state index in [2.05, 4.69) is 21.7 Å². The fourth-order valence-corrected chi connectivity index (χ4v) is 3.13. The largest absolute Gasteiger partial charge is 0.493 e. The number of anilines is 2. The number of amides is 1. The molecule has 3 rings (SSSR count). The Labute approximate surface area is 166 Å². The van der Waals surface area contributed by atoms with E-state index in [1.165, 1.54) is 31.3 Å². The quantitative estimate of drug-likeness (QED) is 0.630. The smallest absolute Gasteiger partial charge is 0.262 e. The second-order valence-electron chi connectivity index (χ2n) is 6.70. The van der Waals surface area contributed by atoms with Crippen molar-refractivity contribution in [1.29, 1.82) is 0 Å². The number of carbonyl (C=O) groups is 1. The molecule has 0 aliphatic heterocycles. The minimum absolute atomic E-state index is 0.102. The average Bonchev–Trinajstić information content (AvgIpc) is 2.74. The molecule has 0 bridgehead atoms. The van der Waals surface area contributed by atoms with Gasteiger partial charge in [0.25, 0.3) is 5.91 Å². The molecular weight excluding hydrogens is 354 g/mol. The highest BCUT2D eigenvalue weighted by atomic mass is 16.5. The normalized spacial score (nSPS) is 13.4. The summed E-state index contributed by atoms with van der Waals surface area (Å²) in [6.07, 6.45) is 10.1. The number of rotatable bonds is 9. The van der Waals surface area contributed by atoms with Crippen LogP contribution in [0.3, 0.4) is 0 Å². The molecule has 0 saturated heterocycles. The number of carbonyl (C=O) groups excluding carboxylic acids is 1. The summed E-state index contributed by atoms with van der Waals surface area (Å²) in [6, 6.07) is 10.9. The number of para-hydroxylation sites is 2. The number of methoxy groups -OCH3 is 1. The summed E-state index contributed by atoms with van der Waals surface area (Å²) in [5.74, 6) is 1.68. The van der Waals surface area contributed by atoms with Crippen molar-refractivity contribution in [2.75, 3.05) is 30.9 Å². The van der Waals surface area contributed by atoms with Crippen molar-refractivity contribution in [3.8, 4) is 11.5 Å². The maximum absolute atomic E-state index is 12.1. The first-order valence-electron chi connectivity index (χ1n) is 9.68. The Kier molecular flexibility index (Phi) is 7.29. The van der Waals surface area contributed by atoms with Crippen LogP contribution < -0.4 is 20.1 Å². The van der Waals surface area contributed by atoms with Gasteiger partial charge in [0.1, 0.15) is 5.82 Å². The SMILES string of the molecule is COc1ccccc1OCC(=O)Nc1ccc(NCCC2=CCCCC2)nc1. The van der Waals surface area contributed by atoms with E-state index in [9.17, 15) is 4.79 Å². The van der Waals surface area contributed by atoms with Crippen LogP contribution in [-0.4, -0.2) is 31.2 Å². The molecule has 1 aliphatic rings. The standard InChI is InChI=1S/C22H27N3O3/c1-27-19-9-5-6-10-20(19)28-16-22(26)25-18-11-12-21(24-15-18)23-14-13-17-7-3-2-4-8-17/h5-7,9-12,15H,2-4,8,13-14,16H2,1H3,(H,23,24)(H,25,26). The molecule has 1 amide bonds. The third-order valence-corrected chi connectivity index (χ3v) is 4.61. The molecule has 0 fully saturated rings. The number of pyridine rings is 1.